The van der Waals surface area contributed by atoms with E-state index in [1.807, 2.05) is 6.20 Å². The fourth-order valence-electron chi connectivity index (χ4n) is 2.67. The first-order chi connectivity index (χ1) is 9.38. The Bertz CT molecular complexity index is 411. The molecule has 0 N–H and O–H groups in total. The maximum Gasteiger partial charge on any atom is 0.0429 e. The fourth-order valence-corrected chi connectivity index (χ4v) is 2.67. The van der Waals surface area contributed by atoms with Gasteiger partial charge in [0, 0.05) is 23.4 Å². The summed E-state index contributed by atoms with van der Waals surface area (Å²) in [4.78, 5) is 4.41. The first-order valence-electron chi connectivity index (χ1n) is 7.85. The summed E-state index contributed by atoms with van der Waals surface area (Å²) in [6, 6.07) is 4.20. The van der Waals surface area contributed by atoms with E-state index in [0.29, 0.717) is 5.92 Å². The highest BCUT2D eigenvalue weighted by Crippen LogP contribution is 2.21. The molecule has 0 amide bonds. The number of nitrogens with zero attached hydrogens (tertiary/aromatic N) is 1. The van der Waals surface area contributed by atoms with Crippen molar-refractivity contribution in [1.29, 1.82) is 0 Å². The molecule has 1 aliphatic carbocycles. The molecule has 0 unspecified atom stereocenters. The molecule has 0 spiro atoms. The van der Waals surface area contributed by atoms with Crippen LogP contribution in [0.2, 0.25) is 0 Å². The second-order valence-electron chi connectivity index (χ2n) is 5.56. The second-order valence-corrected chi connectivity index (χ2v) is 5.56. The zero-order valence-corrected chi connectivity index (χ0v) is 12.1. The van der Waals surface area contributed by atoms with E-state index in [4.69, 9.17) is 0 Å². The Balaban J connectivity index is 1.95. The quantitative estimate of drug-likeness (QED) is 0.660. The molecule has 2 rings (SSSR count). The van der Waals surface area contributed by atoms with Crippen molar-refractivity contribution in [3.05, 3.63) is 29.6 Å². The van der Waals surface area contributed by atoms with Gasteiger partial charge >= 0.3 is 0 Å². The molecule has 0 bridgehead atoms. The molecule has 0 radical (unpaired) electrons. The molecule has 1 aliphatic rings. The summed E-state index contributed by atoms with van der Waals surface area (Å²) < 4.78 is 0. The van der Waals surface area contributed by atoms with E-state index in [1.54, 1.807) is 0 Å². The third-order valence-electron chi connectivity index (χ3n) is 3.96. The minimum Gasteiger partial charge on any atom is -0.260 e. The third kappa shape index (κ3) is 5.07. The van der Waals surface area contributed by atoms with Crippen LogP contribution in [0.25, 0.3) is 0 Å². The van der Waals surface area contributed by atoms with Gasteiger partial charge in [-0.25, -0.2) is 0 Å². The molecule has 1 saturated carbocycles. The number of pyridine rings is 1. The molecular weight excluding hydrogens is 230 g/mol. The van der Waals surface area contributed by atoms with Crippen LogP contribution in [-0.4, -0.2) is 4.98 Å². The monoisotopic (exact) mass is 255 g/mol. The van der Waals surface area contributed by atoms with Gasteiger partial charge in [0.25, 0.3) is 0 Å². The van der Waals surface area contributed by atoms with E-state index in [2.05, 4.69) is 35.9 Å². The van der Waals surface area contributed by atoms with Gasteiger partial charge in [0.15, 0.2) is 0 Å². The summed E-state index contributed by atoms with van der Waals surface area (Å²) >= 11 is 0. The van der Waals surface area contributed by atoms with Crippen molar-refractivity contribution in [3.8, 4) is 11.8 Å². The summed E-state index contributed by atoms with van der Waals surface area (Å²) in [6.45, 7) is 2.13. The van der Waals surface area contributed by atoms with Gasteiger partial charge in [0.2, 0.25) is 0 Å². The molecule has 1 fully saturated rings. The first-order valence-corrected chi connectivity index (χ1v) is 7.85. The lowest BCUT2D eigenvalue weighted by atomic mass is 9.97. The van der Waals surface area contributed by atoms with Crippen molar-refractivity contribution in [2.24, 2.45) is 5.92 Å². The van der Waals surface area contributed by atoms with Crippen LogP contribution in [0, 0.1) is 17.8 Å². The van der Waals surface area contributed by atoms with E-state index >= 15 is 0 Å². The Kier molecular flexibility index (Phi) is 5.95. The lowest BCUT2D eigenvalue weighted by molar-refractivity contribution is 0.525. The van der Waals surface area contributed by atoms with E-state index in [9.17, 15) is 0 Å². The topological polar surface area (TPSA) is 12.9 Å². The van der Waals surface area contributed by atoms with E-state index in [1.165, 1.54) is 51.4 Å². The standard InChI is InChI=1S/C18H25N/c1-2-18-14-13-17(15-19-18)12-11-16-9-7-5-3-4-6-8-10-16/h13-16H,2-10H2,1H3. The smallest absolute Gasteiger partial charge is 0.0429 e. The predicted molar refractivity (Wildman–Crippen MR) is 80.9 cm³/mol. The van der Waals surface area contributed by atoms with E-state index in [0.717, 1.165) is 17.7 Å². The number of aromatic nitrogens is 1. The van der Waals surface area contributed by atoms with Crippen molar-refractivity contribution >= 4 is 0 Å². The molecule has 0 saturated heterocycles. The predicted octanol–water partition coefficient (Wildman–Crippen LogP) is 4.75. The lowest BCUT2D eigenvalue weighted by Crippen LogP contribution is -1.97. The van der Waals surface area contributed by atoms with Crippen molar-refractivity contribution in [3.63, 3.8) is 0 Å². The molecule has 1 nitrogen and oxygen atoms in total. The van der Waals surface area contributed by atoms with Crippen molar-refractivity contribution in [2.75, 3.05) is 0 Å². The summed E-state index contributed by atoms with van der Waals surface area (Å²) in [6.07, 6.45) is 13.8. The summed E-state index contributed by atoms with van der Waals surface area (Å²) in [5.74, 6) is 7.40. The van der Waals surface area contributed by atoms with Gasteiger partial charge in [-0.15, -0.1) is 0 Å². The number of rotatable bonds is 1. The van der Waals surface area contributed by atoms with Crippen LogP contribution >= 0.6 is 0 Å². The van der Waals surface area contributed by atoms with Gasteiger partial charge in [0.1, 0.15) is 0 Å². The maximum absolute atomic E-state index is 4.41. The van der Waals surface area contributed by atoms with E-state index in [-0.39, 0.29) is 0 Å². The van der Waals surface area contributed by atoms with Crippen molar-refractivity contribution < 1.29 is 0 Å². The van der Waals surface area contributed by atoms with Crippen LogP contribution in [0.15, 0.2) is 18.3 Å². The zero-order chi connectivity index (χ0) is 13.3. The SMILES string of the molecule is CCc1ccc(C#CC2CCCCCCCC2)cn1. The Morgan fingerprint density at radius 3 is 2.32 bits per heavy atom. The molecule has 0 aromatic carbocycles. The Morgan fingerprint density at radius 1 is 1.05 bits per heavy atom. The van der Waals surface area contributed by atoms with Crippen LogP contribution in [0.1, 0.15) is 69.5 Å². The van der Waals surface area contributed by atoms with Crippen LogP contribution in [0.5, 0.6) is 0 Å². The van der Waals surface area contributed by atoms with Crippen molar-refractivity contribution in [2.45, 2.75) is 64.7 Å². The molecule has 0 atom stereocenters. The van der Waals surface area contributed by atoms with Crippen molar-refractivity contribution in [1.82, 2.24) is 4.98 Å². The second kappa shape index (κ2) is 8.00. The zero-order valence-electron chi connectivity index (χ0n) is 12.1. The summed E-state index contributed by atoms with van der Waals surface area (Å²) in [5, 5.41) is 0. The molecule has 1 aromatic rings. The highest BCUT2D eigenvalue weighted by molar-refractivity contribution is 5.33. The number of aryl methyl sites for hydroxylation is 1. The Labute approximate surface area is 117 Å². The van der Waals surface area contributed by atoms with E-state index < -0.39 is 0 Å². The fraction of sp³-hybridized carbons (Fsp3) is 0.611. The molecule has 0 aliphatic heterocycles. The van der Waals surface area contributed by atoms with Gasteiger partial charge in [0.05, 0.1) is 0 Å². The third-order valence-corrected chi connectivity index (χ3v) is 3.96. The Hall–Kier alpha value is -1.29. The average molecular weight is 255 g/mol. The number of hydrogen-bond acceptors (Lipinski definition) is 1. The normalized spacial score (nSPS) is 17.7. The minimum atomic E-state index is 0.601. The molecule has 1 heterocycles. The van der Waals surface area contributed by atoms with Crippen LogP contribution < -0.4 is 0 Å². The summed E-state index contributed by atoms with van der Waals surface area (Å²) in [7, 11) is 0. The molecular formula is C18H25N. The largest absolute Gasteiger partial charge is 0.260 e. The average Bonchev–Trinajstić information content (AvgIpc) is 2.59. The highest BCUT2D eigenvalue weighted by Gasteiger charge is 2.07. The Morgan fingerprint density at radius 2 is 1.74 bits per heavy atom. The van der Waals surface area contributed by atoms with Gasteiger partial charge in [-0.05, 0) is 31.4 Å². The van der Waals surface area contributed by atoms with Gasteiger partial charge in [-0.3, -0.25) is 4.98 Å². The highest BCUT2D eigenvalue weighted by atomic mass is 14.7. The maximum atomic E-state index is 4.41. The number of hydrogen-bond donors (Lipinski definition) is 0. The van der Waals surface area contributed by atoms with Crippen LogP contribution in [0.3, 0.4) is 0 Å². The molecule has 1 aromatic heterocycles. The van der Waals surface area contributed by atoms with Gasteiger partial charge < -0.3 is 0 Å². The summed E-state index contributed by atoms with van der Waals surface area (Å²) in [5.41, 5.74) is 2.21. The molecule has 1 heteroatoms. The van der Waals surface area contributed by atoms with Crippen LogP contribution in [0.4, 0.5) is 0 Å². The molecule has 102 valence electrons. The van der Waals surface area contributed by atoms with Crippen LogP contribution in [-0.2, 0) is 6.42 Å². The van der Waals surface area contributed by atoms with Gasteiger partial charge in [-0.1, -0.05) is 57.3 Å². The minimum absolute atomic E-state index is 0.601. The molecule has 19 heavy (non-hydrogen) atoms. The first kappa shape index (κ1) is 14.1. The lowest BCUT2D eigenvalue weighted by Gasteiger charge is -2.07. The van der Waals surface area contributed by atoms with Gasteiger partial charge in [-0.2, -0.15) is 0 Å².